The van der Waals surface area contributed by atoms with Crippen LogP contribution in [0.3, 0.4) is 0 Å². The van der Waals surface area contributed by atoms with Gasteiger partial charge in [0, 0.05) is 18.6 Å². The fourth-order valence-corrected chi connectivity index (χ4v) is 6.51. The van der Waals surface area contributed by atoms with E-state index in [1.165, 1.54) is 10.4 Å². The van der Waals surface area contributed by atoms with Crippen LogP contribution in [-0.4, -0.2) is 36.5 Å². The largest absolute Gasteiger partial charge is 0.360 e. The van der Waals surface area contributed by atoms with E-state index in [2.05, 4.69) is 5.16 Å². The number of hydrogen-bond acceptors (Lipinski definition) is 5. The molecule has 0 aliphatic heterocycles. The van der Waals surface area contributed by atoms with E-state index in [1.807, 2.05) is 6.92 Å². The van der Waals surface area contributed by atoms with Gasteiger partial charge in [0.15, 0.2) is 5.76 Å². The third-order valence-corrected chi connectivity index (χ3v) is 8.34. The van der Waals surface area contributed by atoms with Gasteiger partial charge < -0.3 is 10.3 Å². The van der Waals surface area contributed by atoms with Crippen molar-refractivity contribution in [3.63, 3.8) is 0 Å². The maximum atomic E-state index is 13.9. The fraction of sp³-hybridized carbons (Fsp3) is 0.571. The van der Waals surface area contributed by atoms with Gasteiger partial charge in [-0.1, -0.05) is 12.1 Å². The summed E-state index contributed by atoms with van der Waals surface area (Å²) in [5.41, 5.74) is 6.95. The Morgan fingerprint density at radius 1 is 1.23 bits per heavy atom. The summed E-state index contributed by atoms with van der Waals surface area (Å²) in [4.78, 5) is 0.143. The Balaban J connectivity index is 1.67. The lowest BCUT2D eigenvalue weighted by Crippen LogP contribution is -2.44. The monoisotopic (exact) mass is 441 g/mol. The number of nitrogens with two attached hydrogens (primary N) is 1. The quantitative estimate of drug-likeness (QED) is 0.708. The first-order valence-electron chi connectivity index (χ1n) is 10.3. The van der Waals surface area contributed by atoms with Crippen LogP contribution in [0.25, 0.3) is 0 Å². The van der Waals surface area contributed by atoms with E-state index in [9.17, 15) is 17.2 Å². The van der Waals surface area contributed by atoms with E-state index in [0.29, 0.717) is 30.8 Å². The van der Waals surface area contributed by atoms with Crippen molar-refractivity contribution >= 4 is 10.0 Å². The standard InChI is InChI=1S/C21H29F2N3O3S/c1-4-26(30(27,28)21-13(2)25-29-14(21)3)18-8-5-15(6-9-18)20(24)12-16-11-17(22)7-10-19(16)23/h7,10-11,15,18,20H,4-6,8-9,12,24H2,1-3H3/t15?,18?,20-/m1/s1. The molecule has 166 valence electrons. The van der Waals surface area contributed by atoms with E-state index < -0.39 is 21.7 Å². The highest BCUT2D eigenvalue weighted by molar-refractivity contribution is 7.89. The Kier molecular flexibility index (Phi) is 6.94. The highest BCUT2D eigenvalue weighted by Gasteiger charge is 2.37. The number of rotatable bonds is 7. The molecule has 1 saturated carbocycles. The normalized spacial score (nSPS) is 21.2. The van der Waals surface area contributed by atoms with Crippen molar-refractivity contribution in [1.82, 2.24) is 9.46 Å². The van der Waals surface area contributed by atoms with Crippen molar-refractivity contribution in [1.29, 1.82) is 0 Å². The van der Waals surface area contributed by atoms with E-state index in [4.69, 9.17) is 10.3 Å². The van der Waals surface area contributed by atoms with Crippen LogP contribution in [0, 0.1) is 31.4 Å². The van der Waals surface area contributed by atoms with Crippen molar-refractivity contribution in [2.45, 2.75) is 69.9 Å². The minimum Gasteiger partial charge on any atom is -0.360 e. The molecule has 1 aliphatic carbocycles. The smallest absolute Gasteiger partial charge is 0.248 e. The van der Waals surface area contributed by atoms with Gasteiger partial charge in [-0.15, -0.1) is 0 Å². The lowest BCUT2D eigenvalue weighted by atomic mass is 9.80. The summed E-state index contributed by atoms with van der Waals surface area (Å²) in [7, 11) is -3.71. The molecule has 1 aromatic carbocycles. The molecule has 6 nitrogen and oxygen atoms in total. The highest BCUT2D eigenvalue weighted by Crippen LogP contribution is 2.34. The minimum absolute atomic E-state index is 0.129. The van der Waals surface area contributed by atoms with Crippen molar-refractivity contribution in [2.75, 3.05) is 6.54 Å². The molecule has 1 aromatic heterocycles. The first kappa shape index (κ1) is 22.8. The molecule has 2 aromatic rings. The van der Waals surface area contributed by atoms with Gasteiger partial charge in [-0.05, 0) is 75.6 Å². The molecule has 30 heavy (non-hydrogen) atoms. The number of sulfonamides is 1. The molecule has 9 heteroatoms. The lowest BCUT2D eigenvalue weighted by Gasteiger charge is -2.37. The zero-order chi connectivity index (χ0) is 22.1. The molecular weight excluding hydrogens is 412 g/mol. The third-order valence-electron chi connectivity index (χ3n) is 6.06. The Hall–Kier alpha value is -1.84. The molecular formula is C21H29F2N3O3S. The first-order chi connectivity index (χ1) is 14.1. The Bertz CT molecular complexity index is 966. The topological polar surface area (TPSA) is 89.4 Å². The molecule has 1 fully saturated rings. The number of aryl methyl sites for hydroxylation is 2. The van der Waals surface area contributed by atoms with Gasteiger partial charge in [-0.25, -0.2) is 17.2 Å². The molecule has 1 heterocycles. The molecule has 0 spiro atoms. The van der Waals surface area contributed by atoms with Crippen LogP contribution >= 0.6 is 0 Å². The van der Waals surface area contributed by atoms with Gasteiger partial charge >= 0.3 is 0 Å². The van der Waals surface area contributed by atoms with Gasteiger partial charge in [0.1, 0.15) is 22.2 Å². The predicted octanol–water partition coefficient (Wildman–Crippen LogP) is 3.71. The summed E-state index contributed by atoms with van der Waals surface area (Å²) in [6.45, 7) is 5.39. The molecule has 1 atom stereocenters. The van der Waals surface area contributed by atoms with Gasteiger partial charge in [-0.3, -0.25) is 0 Å². The maximum Gasteiger partial charge on any atom is 0.248 e. The van der Waals surface area contributed by atoms with Crippen molar-refractivity contribution in [3.8, 4) is 0 Å². The Labute approximate surface area is 176 Å². The van der Waals surface area contributed by atoms with Crippen LogP contribution in [0.5, 0.6) is 0 Å². The summed E-state index contributed by atoms with van der Waals surface area (Å²) in [6, 6.07) is 2.96. The second kappa shape index (κ2) is 9.11. The first-order valence-corrected chi connectivity index (χ1v) is 11.7. The average Bonchev–Trinajstić information content (AvgIpc) is 3.04. The number of halogens is 2. The van der Waals surface area contributed by atoms with Crippen LogP contribution in [0.2, 0.25) is 0 Å². The summed E-state index contributed by atoms with van der Waals surface area (Å²) in [6.07, 6.45) is 3.06. The molecule has 0 radical (unpaired) electrons. The molecule has 0 bridgehead atoms. The predicted molar refractivity (Wildman–Crippen MR) is 109 cm³/mol. The van der Waals surface area contributed by atoms with Crippen molar-refractivity contribution in [3.05, 3.63) is 46.9 Å². The average molecular weight is 442 g/mol. The second-order valence-corrected chi connectivity index (χ2v) is 9.86. The summed E-state index contributed by atoms with van der Waals surface area (Å²) in [5, 5.41) is 3.78. The molecule has 0 amide bonds. The number of aromatic nitrogens is 1. The summed E-state index contributed by atoms with van der Waals surface area (Å²) >= 11 is 0. The van der Waals surface area contributed by atoms with Crippen LogP contribution in [0.15, 0.2) is 27.6 Å². The Morgan fingerprint density at radius 2 is 1.90 bits per heavy atom. The molecule has 0 unspecified atom stereocenters. The summed E-state index contributed by atoms with van der Waals surface area (Å²) in [5.74, 6) is -0.517. The van der Waals surface area contributed by atoms with E-state index >= 15 is 0 Å². The van der Waals surface area contributed by atoms with E-state index in [-0.39, 0.29) is 34.9 Å². The van der Waals surface area contributed by atoms with E-state index in [0.717, 1.165) is 25.0 Å². The van der Waals surface area contributed by atoms with Gasteiger partial charge in [0.2, 0.25) is 10.0 Å². The van der Waals surface area contributed by atoms with E-state index in [1.54, 1.807) is 13.8 Å². The number of nitrogens with zero attached hydrogens (tertiary/aromatic N) is 2. The molecule has 2 N–H and O–H groups in total. The highest BCUT2D eigenvalue weighted by atomic mass is 32.2. The lowest BCUT2D eigenvalue weighted by molar-refractivity contribution is 0.201. The van der Waals surface area contributed by atoms with Crippen LogP contribution in [-0.2, 0) is 16.4 Å². The molecule has 0 saturated heterocycles. The zero-order valence-corrected chi connectivity index (χ0v) is 18.4. The van der Waals surface area contributed by atoms with Crippen LogP contribution in [0.1, 0.15) is 49.6 Å². The minimum atomic E-state index is -3.71. The van der Waals surface area contributed by atoms with Crippen molar-refractivity contribution < 1.29 is 21.7 Å². The van der Waals surface area contributed by atoms with Crippen LogP contribution < -0.4 is 5.73 Å². The number of benzene rings is 1. The SMILES string of the molecule is CCN(C1CCC([C@H](N)Cc2cc(F)ccc2F)CC1)S(=O)(=O)c1c(C)noc1C. The molecule has 3 rings (SSSR count). The summed E-state index contributed by atoms with van der Waals surface area (Å²) < 4.78 is 60.4. The maximum absolute atomic E-state index is 13.9. The Morgan fingerprint density at radius 3 is 2.47 bits per heavy atom. The van der Waals surface area contributed by atoms with Gasteiger partial charge in [0.05, 0.1) is 0 Å². The van der Waals surface area contributed by atoms with Gasteiger partial charge in [0.25, 0.3) is 0 Å². The van der Waals surface area contributed by atoms with Crippen LogP contribution in [0.4, 0.5) is 8.78 Å². The second-order valence-electron chi connectivity index (χ2n) is 8.03. The fourth-order valence-electron chi connectivity index (χ4n) is 4.52. The number of hydrogen-bond donors (Lipinski definition) is 1. The van der Waals surface area contributed by atoms with Gasteiger partial charge in [-0.2, -0.15) is 4.31 Å². The third kappa shape index (κ3) is 4.58. The van der Waals surface area contributed by atoms with Crippen molar-refractivity contribution in [2.24, 2.45) is 11.7 Å². The zero-order valence-electron chi connectivity index (χ0n) is 17.6. The molecule has 1 aliphatic rings.